The number of nitrogens with zero attached hydrogens (tertiary/aromatic N) is 4. The van der Waals surface area contributed by atoms with E-state index < -0.39 is 18.5 Å². The summed E-state index contributed by atoms with van der Waals surface area (Å²) in [4.78, 5) is 31.7. The van der Waals surface area contributed by atoms with Crippen molar-refractivity contribution in [1.82, 2.24) is 19.7 Å². The second-order valence-corrected chi connectivity index (χ2v) is 8.30. The molecule has 2 aromatic carbocycles. The molecule has 0 aliphatic carbocycles. The van der Waals surface area contributed by atoms with Crippen LogP contribution in [-0.2, 0) is 16.1 Å². The highest BCUT2D eigenvalue weighted by Gasteiger charge is 2.21. The van der Waals surface area contributed by atoms with Crippen LogP contribution in [0.3, 0.4) is 0 Å². The molecule has 4 aromatic rings. The standard InChI is InChI=1S/C26H25FN4O3/c1-17(2)31-25-22(14-28-31)21(13-23(29-25)19-9-5-4-6-10-19)26(33)34-16-24(32)30(3)15-18-8-7-11-20(27)12-18/h4-14,17H,15-16H2,1-3H3. The summed E-state index contributed by atoms with van der Waals surface area (Å²) in [7, 11) is 1.58. The SMILES string of the molecule is CC(C)n1ncc2c(C(=O)OCC(=O)N(C)Cc3cccc(F)c3)cc(-c3ccccc3)nc21. The summed E-state index contributed by atoms with van der Waals surface area (Å²) in [6, 6.07) is 17.2. The second kappa shape index (κ2) is 9.82. The minimum absolute atomic E-state index is 0.0398. The lowest BCUT2D eigenvalue weighted by Gasteiger charge is -2.17. The van der Waals surface area contributed by atoms with Gasteiger partial charge in [-0.15, -0.1) is 0 Å². The van der Waals surface area contributed by atoms with Crippen molar-refractivity contribution in [3.8, 4) is 11.3 Å². The van der Waals surface area contributed by atoms with E-state index in [-0.39, 0.29) is 24.0 Å². The monoisotopic (exact) mass is 460 g/mol. The first-order chi connectivity index (χ1) is 16.3. The van der Waals surface area contributed by atoms with Gasteiger partial charge in [-0.25, -0.2) is 18.9 Å². The van der Waals surface area contributed by atoms with Crippen LogP contribution in [-0.4, -0.2) is 45.2 Å². The maximum Gasteiger partial charge on any atom is 0.339 e. The van der Waals surface area contributed by atoms with Crippen molar-refractivity contribution >= 4 is 22.9 Å². The molecular formula is C26H25FN4O3. The average molecular weight is 461 g/mol. The maximum atomic E-state index is 13.4. The van der Waals surface area contributed by atoms with Crippen molar-refractivity contribution < 1.29 is 18.7 Å². The molecule has 0 aliphatic rings. The summed E-state index contributed by atoms with van der Waals surface area (Å²) in [5, 5.41) is 4.95. The largest absolute Gasteiger partial charge is 0.452 e. The van der Waals surface area contributed by atoms with Crippen LogP contribution in [0.4, 0.5) is 4.39 Å². The number of ether oxygens (including phenoxy) is 1. The number of hydrogen-bond acceptors (Lipinski definition) is 5. The Bertz CT molecular complexity index is 1330. The molecule has 174 valence electrons. The van der Waals surface area contributed by atoms with E-state index in [1.54, 1.807) is 36.1 Å². The van der Waals surface area contributed by atoms with Gasteiger partial charge in [0.2, 0.25) is 0 Å². The van der Waals surface area contributed by atoms with Gasteiger partial charge in [-0.1, -0.05) is 42.5 Å². The Labute approximate surface area is 196 Å². The molecule has 2 heterocycles. The molecule has 0 N–H and O–H groups in total. The van der Waals surface area contributed by atoms with Gasteiger partial charge < -0.3 is 9.64 Å². The highest BCUT2D eigenvalue weighted by molar-refractivity contribution is 6.04. The Balaban J connectivity index is 1.56. The van der Waals surface area contributed by atoms with Gasteiger partial charge in [0.15, 0.2) is 12.3 Å². The van der Waals surface area contributed by atoms with Crippen molar-refractivity contribution in [2.75, 3.05) is 13.7 Å². The molecular weight excluding hydrogens is 435 g/mol. The Kier molecular flexibility index (Phi) is 6.67. The summed E-state index contributed by atoms with van der Waals surface area (Å²) >= 11 is 0. The average Bonchev–Trinajstić information content (AvgIpc) is 3.26. The van der Waals surface area contributed by atoms with Crippen LogP contribution >= 0.6 is 0 Å². The minimum atomic E-state index is -0.639. The number of fused-ring (bicyclic) bond motifs is 1. The molecule has 34 heavy (non-hydrogen) atoms. The molecule has 0 spiro atoms. The molecule has 0 atom stereocenters. The van der Waals surface area contributed by atoms with Crippen molar-refractivity contribution in [1.29, 1.82) is 0 Å². The summed E-state index contributed by atoms with van der Waals surface area (Å²) in [6.45, 7) is 3.73. The van der Waals surface area contributed by atoms with Gasteiger partial charge in [0.1, 0.15) is 5.82 Å². The van der Waals surface area contributed by atoms with E-state index in [9.17, 15) is 14.0 Å². The van der Waals surface area contributed by atoms with Crippen LogP contribution in [0.15, 0.2) is 66.9 Å². The van der Waals surface area contributed by atoms with E-state index in [2.05, 4.69) is 5.10 Å². The fraction of sp³-hybridized carbons (Fsp3) is 0.231. The van der Waals surface area contributed by atoms with E-state index in [0.717, 1.165) is 5.56 Å². The number of pyridine rings is 1. The number of rotatable bonds is 7. The first-order valence-electron chi connectivity index (χ1n) is 10.9. The summed E-state index contributed by atoms with van der Waals surface area (Å²) in [5.41, 5.74) is 2.96. The lowest BCUT2D eigenvalue weighted by molar-refractivity contribution is -0.133. The Morgan fingerprint density at radius 1 is 1.09 bits per heavy atom. The number of carbonyl (C=O) groups excluding carboxylic acids is 2. The van der Waals surface area contributed by atoms with E-state index in [1.807, 2.05) is 44.2 Å². The minimum Gasteiger partial charge on any atom is -0.452 e. The first kappa shape index (κ1) is 23.1. The summed E-state index contributed by atoms with van der Waals surface area (Å²) in [5.74, 6) is -1.41. The van der Waals surface area contributed by atoms with Crippen molar-refractivity contribution in [3.63, 3.8) is 0 Å². The molecule has 1 amide bonds. The lowest BCUT2D eigenvalue weighted by atomic mass is 10.1. The Morgan fingerprint density at radius 3 is 2.56 bits per heavy atom. The number of benzene rings is 2. The van der Waals surface area contributed by atoms with E-state index in [0.29, 0.717) is 22.3 Å². The molecule has 0 unspecified atom stereocenters. The third kappa shape index (κ3) is 4.96. The molecule has 7 nitrogen and oxygen atoms in total. The van der Waals surface area contributed by atoms with Crippen LogP contribution in [0.25, 0.3) is 22.3 Å². The molecule has 0 fully saturated rings. The van der Waals surface area contributed by atoms with Crippen molar-refractivity contribution in [2.45, 2.75) is 26.4 Å². The number of esters is 1. The van der Waals surface area contributed by atoms with Crippen LogP contribution in [0.2, 0.25) is 0 Å². The van der Waals surface area contributed by atoms with Crippen LogP contribution in [0, 0.1) is 5.82 Å². The van der Waals surface area contributed by atoms with Gasteiger partial charge in [0.05, 0.1) is 22.8 Å². The highest BCUT2D eigenvalue weighted by atomic mass is 19.1. The number of carbonyl (C=O) groups is 2. The van der Waals surface area contributed by atoms with Crippen molar-refractivity contribution in [3.05, 3.63) is 83.8 Å². The zero-order chi connectivity index (χ0) is 24.2. The molecule has 0 aliphatic heterocycles. The summed E-state index contributed by atoms with van der Waals surface area (Å²) in [6.07, 6.45) is 1.59. The van der Waals surface area contributed by atoms with Gasteiger partial charge in [-0.3, -0.25) is 4.79 Å². The van der Waals surface area contributed by atoms with Gasteiger partial charge in [-0.2, -0.15) is 5.10 Å². The molecule has 8 heteroatoms. The fourth-order valence-corrected chi connectivity index (χ4v) is 3.63. The molecule has 0 bridgehead atoms. The van der Waals surface area contributed by atoms with Crippen LogP contribution in [0.1, 0.15) is 35.8 Å². The molecule has 4 rings (SSSR count). The Hall–Kier alpha value is -4.07. The maximum absolute atomic E-state index is 13.4. The molecule has 2 aromatic heterocycles. The van der Waals surface area contributed by atoms with E-state index in [1.165, 1.54) is 17.0 Å². The number of hydrogen-bond donors (Lipinski definition) is 0. The predicted molar refractivity (Wildman–Crippen MR) is 127 cm³/mol. The third-order valence-electron chi connectivity index (χ3n) is 5.41. The molecule has 0 saturated heterocycles. The first-order valence-corrected chi connectivity index (χ1v) is 10.9. The quantitative estimate of drug-likeness (QED) is 0.376. The Morgan fingerprint density at radius 2 is 1.85 bits per heavy atom. The second-order valence-electron chi connectivity index (χ2n) is 8.30. The predicted octanol–water partition coefficient (Wildman–Crippen LogP) is 4.63. The number of halogens is 1. The number of aromatic nitrogens is 3. The third-order valence-corrected chi connectivity index (χ3v) is 5.41. The van der Waals surface area contributed by atoms with Gasteiger partial charge in [-0.05, 0) is 37.6 Å². The van der Waals surface area contributed by atoms with Crippen LogP contribution in [0.5, 0.6) is 0 Å². The normalized spacial score (nSPS) is 11.1. The fourth-order valence-electron chi connectivity index (χ4n) is 3.63. The van der Waals surface area contributed by atoms with Crippen molar-refractivity contribution in [2.24, 2.45) is 0 Å². The molecule has 0 radical (unpaired) electrons. The van der Waals surface area contributed by atoms with Crippen LogP contribution < -0.4 is 0 Å². The topological polar surface area (TPSA) is 77.3 Å². The van der Waals surface area contributed by atoms with Gasteiger partial charge >= 0.3 is 5.97 Å². The highest BCUT2D eigenvalue weighted by Crippen LogP contribution is 2.26. The molecule has 0 saturated carbocycles. The smallest absolute Gasteiger partial charge is 0.339 e. The zero-order valence-corrected chi connectivity index (χ0v) is 19.2. The van der Waals surface area contributed by atoms with E-state index in [4.69, 9.17) is 9.72 Å². The van der Waals surface area contributed by atoms with Gasteiger partial charge in [0, 0.05) is 25.2 Å². The zero-order valence-electron chi connectivity index (χ0n) is 19.2. The number of amides is 1. The van der Waals surface area contributed by atoms with E-state index >= 15 is 0 Å². The summed E-state index contributed by atoms with van der Waals surface area (Å²) < 4.78 is 20.5. The number of likely N-dealkylation sites (N-methyl/N-ethyl adjacent to an activating group) is 1. The lowest BCUT2D eigenvalue weighted by Crippen LogP contribution is -2.30. The van der Waals surface area contributed by atoms with Gasteiger partial charge in [0.25, 0.3) is 5.91 Å².